The number of nitrogens with one attached hydrogen (secondary N) is 2. The van der Waals surface area contributed by atoms with Gasteiger partial charge in [-0.1, -0.05) is 25.1 Å². The molecule has 0 bridgehead atoms. The largest absolute Gasteiger partial charge is 0.382 e. The predicted molar refractivity (Wildman–Crippen MR) is 145 cm³/mol. The summed E-state index contributed by atoms with van der Waals surface area (Å²) < 4.78 is 0.832. The van der Waals surface area contributed by atoms with Crippen LogP contribution in [0.1, 0.15) is 17.3 Å². The number of nitrogens with two attached hydrogens (primary N) is 1. The maximum absolute atomic E-state index is 12.1. The third-order valence-electron chi connectivity index (χ3n) is 6.39. The van der Waals surface area contributed by atoms with Crippen molar-refractivity contribution in [1.82, 2.24) is 20.2 Å². The van der Waals surface area contributed by atoms with Crippen molar-refractivity contribution < 1.29 is 4.79 Å². The zero-order valence-electron chi connectivity index (χ0n) is 19.9. The molecule has 9 heteroatoms. The van der Waals surface area contributed by atoms with E-state index in [0.29, 0.717) is 17.3 Å². The van der Waals surface area contributed by atoms with E-state index in [4.69, 9.17) is 10.7 Å². The highest BCUT2D eigenvalue weighted by Gasteiger charge is 2.17. The number of nitrogen functional groups attached to an aromatic ring is 1. The molecule has 4 N–H and O–H groups in total. The van der Waals surface area contributed by atoms with Crippen LogP contribution >= 0.6 is 11.3 Å². The SMILES string of the molecule is CCN1CCN(c2cccc(Nc3nc(N)c4scc(-c5cccc(C(=O)NC)c5)c4n3)c2)CC1. The van der Waals surface area contributed by atoms with Crippen LogP contribution in [0.3, 0.4) is 0 Å². The van der Waals surface area contributed by atoms with Crippen LogP contribution in [-0.4, -0.2) is 60.5 Å². The summed E-state index contributed by atoms with van der Waals surface area (Å²) in [6.07, 6.45) is 0. The number of anilines is 4. The van der Waals surface area contributed by atoms with Crippen molar-refractivity contribution in [1.29, 1.82) is 0 Å². The lowest BCUT2D eigenvalue weighted by molar-refractivity contribution is 0.0963. The predicted octanol–water partition coefficient (Wildman–Crippen LogP) is 4.19. The Balaban J connectivity index is 1.43. The van der Waals surface area contributed by atoms with E-state index in [1.807, 2.05) is 35.7 Å². The van der Waals surface area contributed by atoms with Gasteiger partial charge in [0.25, 0.3) is 5.91 Å². The third kappa shape index (κ3) is 4.78. The number of rotatable bonds is 6. The highest BCUT2D eigenvalue weighted by molar-refractivity contribution is 7.18. The maximum Gasteiger partial charge on any atom is 0.251 e. The maximum atomic E-state index is 12.1. The number of piperazine rings is 1. The van der Waals surface area contributed by atoms with Crippen LogP contribution in [-0.2, 0) is 0 Å². The van der Waals surface area contributed by atoms with Crippen molar-refractivity contribution in [3.63, 3.8) is 0 Å². The molecule has 0 saturated carbocycles. The first-order valence-electron chi connectivity index (χ1n) is 11.8. The van der Waals surface area contributed by atoms with Crippen molar-refractivity contribution in [2.75, 3.05) is 55.7 Å². The number of carbonyl (C=O) groups is 1. The standard InChI is InChI=1S/C26H29N7OS/c1-3-32-10-12-33(13-11-32)20-9-5-8-19(15-20)29-26-30-22-21(16-35-23(22)24(27)31-26)17-6-4-7-18(14-17)25(34)28-2/h4-9,14-16H,3,10-13H2,1-2H3,(H,28,34)(H3,27,29,30,31). The summed E-state index contributed by atoms with van der Waals surface area (Å²) >= 11 is 1.50. The zero-order chi connectivity index (χ0) is 24.4. The van der Waals surface area contributed by atoms with E-state index in [1.165, 1.54) is 17.0 Å². The van der Waals surface area contributed by atoms with Crippen molar-refractivity contribution in [3.8, 4) is 11.1 Å². The first-order valence-corrected chi connectivity index (χ1v) is 12.6. The summed E-state index contributed by atoms with van der Waals surface area (Å²) in [5.41, 5.74) is 11.6. The number of amides is 1. The molecule has 0 aliphatic carbocycles. The summed E-state index contributed by atoms with van der Waals surface area (Å²) in [4.78, 5) is 26.3. The number of aromatic nitrogens is 2. The van der Waals surface area contributed by atoms with E-state index in [9.17, 15) is 4.79 Å². The Labute approximate surface area is 208 Å². The first kappa shape index (κ1) is 23.1. The van der Waals surface area contributed by atoms with Crippen LogP contribution in [0, 0.1) is 0 Å². The zero-order valence-corrected chi connectivity index (χ0v) is 20.7. The first-order chi connectivity index (χ1) is 17.1. The van der Waals surface area contributed by atoms with Crippen molar-refractivity contribution in [3.05, 3.63) is 59.5 Å². The van der Waals surface area contributed by atoms with Crippen LogP contribution < -0.4 is 21.3 Å². The molecule has 1 aliphatic rings. The monoisotopic (exact) mass is 487 g/mol. The van der Waals surface area contributed by atoms with Crippen molar-refractivity contribution >= 4 is 50.6 Å². The molecule has 180 valence electrons. The summed E-state index contributed by atoms with van der Waals surface area (Å²) in [6, 6.07) is 15.8. The van der Waals surface area contributed by atoms with E-state index < -0.39 is 0 Å². The quantitative estimate of drug-likeness (QED) is 0.375. The average molecular weight is 488 g/mol. The minimum Gasteiger partial charge on any atom is -0.382 e. The molecule has 0 unspecified atom stereocenters. The Hall–Kier alpha value is -3.69. The molecule has 4 aromatic rings. The van der Waals surface area contributed by atoms with Gasteiger partial charge in [-0.15, -0.1) is 11.3 Å². The van der Waals surface area contributed by atoms with Crippen molar-refractivity contribution in [2.24, 2.45) is 0 Å². The van der Waals surface area contributed by atoms with E-state index in [1.54, 1.807) is 13.1 Å². The van der Waals surface area contributed by atoms with Gasteiger partial charge in [0.2, 0.25) is 5.95 Å². The fourth-order valence-electron chi connectivity index (χ4n) is 4.40. The van der Waals surface area contributed by atoms with Crippen LogP contribution in [0.2, 0.25) is 0 Å². The lowest BCUT2D eigenvalue weighted by Gasteiger charge is -2.35. The molecule has 2 aromatic heterocycles. The van der Waals surface area contributed by atoms with Crippen LogP contribution in [0.5, 0.6) is 0 Å². The lowest BCUT2D eigenvalue weighted by Crippen LogP contribution is -2.46. The number of carbonyl (C=O) groups excluding carboxylic acids is 1. The molecule has 35 heavy (non-hydrogen) atoms. The fraction of sp³-hybridized carbons (Fsp3) is 0.269. The minimum absolute atomic E-state index is 0.126. The van der Waals surface area contributed by atoms with Gasteiger partial charge in [-0.25, -0.2) is 4.98 Å². The number of nitrogens with zero attached hydrogens (tertiary/aromatic N) is 4. The van der Waals surface area contributed by atoms with E-state index >= 15 is 0 Å². The lowest BCUT2D eigenvalue weighted by atomic mass is 10.0. The summed E-state index contributed by atoms with van der Waals surface area (Å²) in [6.45, 7) is 7.48. The smallest absolute Gasteiger partial charge is 0.251 e. The number of thiophene rings is 1. The van der Waals surface area contributed by atoms with Gasteiger partial charge in [-0.2, -0.15) is 4.98 Å². The second-order valence-corrected chi connectivity index (χ2v) is 9.40. The Kier molecular flexibility index (Phi) is 6.52. The highest BCUT2D eigenvalue weighted by atomic mass is 32.1. The number of fused-ring (bicyclic) bond motifs is 1. The van der Waals surface area contributed by atoms with Crippen LogP contribution in [0.25, 0.3) is 21.3 Å². The second kappa shape index (κ2) is 9.89. The Bertz CT molecular complexity index is 1360. The molecule has 1 saturated heterocycles. The van der Waals surface area contributed by atoms with Gasteiger partial charge in [-0.05, 0) is 42.4 Å². The van der Waals surface area contributed by atoms with E-state index in [0.717, 1.165) is 59.8 Å². The van der Waals surface area contributed by atoms with Crippen LogP contribution in [0.15, 0.2) is 53.9 Å². The summed E-state index contributed by atoms with van der Waals surface area (Å²) in [7, 11) is 1.63. The highest BCUT2D eigenvalue weighted by Crippen LogP contribution is 2.36. The molecular weight excluding hydrogens is 458 g/mol. The molecule has 1 aliphatic heterocycles. The van der Waals surface area contributed by atoms with Gasteiger partial charge in [-0.3, -0.25) is 4.79 Å². The Morgan fingerprint density at radius 1 is 1.09 bits per heavy atom. The normalized spacial score (nSPS) is 14.3. The van der Waals surface area contributed by atoms with Gasteiger partial charge in [0, 0.05) is 61.1 Å². The topological polar surface area (TPSA) is 99.4 Å². The Morgan fingerprint density at radius 2 is 1.89 bits per heavy atom. The minimum atomic E-state index is -0.126. The molecule has 3 heterocycles. The molecule has 0 radical (unpaired) electrons. The molecule has 1 amide bonds. The summed E-state index contributed by atoms with van der Waals surface area (Å²) in [5.74, 6) is 0.756. The van der Waals surface area contributed by atoms with E-state index in [-0.39, 0.29) is 5.91 Å². The van der Waals surface area contributed by atoms with Crippen molar-refractivity contribution in [2.45, 2.75) is 6.92 Å². The molecular formula is C26H29N7OS. The van der Waals surface area contributed by atoms with Gasteiger partial charge >= 0.3 is 0 Å². The number of hydrogen-bond acceptors (Lipinski definition) is 8. The van der Waals surface area contributed by atoms with Crippen LogP contribution in [0.4, 0.5) is 23.1 Å². The number of likely N-dealkylation sites (N-methyl/N-ethyl adjacent to an activating group) is 1. The Morgan fingerprint density at radius 3 is 2.66 bits per heavy atom. The molecule has 0 spiro atoms. The second-order valence-electron chi connectivity index (χ2n) is 8.52. The summed E-state index contributed by atoms with van der Waals surface area (Å²) in [5, 5.41) is 8.03. The number of benzene rings is 2. The average Bonchev–Trinajstić information content (AvgIpc) is 3.33. The van der Waals surface area contributed by atoms with Gasteiger partial charge in [0.1, 0.15) is 5.82 Å². The fourth-order valence-corrected chi connectivity index (χ4v) is 5.32. The molecule has 2 aromatic carbocycles. The molecule has 5 rings (SSSR count). The third-order valence-corrected chi connectivity index (χ3v) is 7.38. The molecule has 8 nitrogen and oxygen atoms in total. The van der Waals surface area contributed by atoms with Gasteiger partial charge < -0.3 is 26.2 Å². The molecule has 0 atom stereocenters. The van der Waals surface area contributed by atoms with Gasteiger partial charge in [0.15, 0.2) is 0 Å². The van der Waals surface area contributed by atoms with E-state index in [2.05, 4.69) is 44.5 Å². The number of hydrogen-bond donors (Lipinski definition) is 3. The van der Waals surface area contributed by atoms with Gasteiger partial charge in [0.05, 0.1) is 10.2 Å². The molecule has 1 fully saturated rings.